The molecule has 14 heteroatoms. The second kappa shape index (κ2) is 38.3. The monoisotopic (exact) mass is 930 g/mol. The quantitative estimate of drug-likeness (QED) is 0.0225. The fourth-order valence-electron chi connectivity index (χ4n) is 8.59. The fourth-order valence-corrected chi connectivity index (χ4v) is 8.59. The van der Waals surface area contributed by atoms with E-state index >= 15 is 0 Å². The van der Waals surface area contributed by atoms with Crippen LogP contribution in [0.25, 0.3) is 0 Å². The fraction of sp³-hybridized carbons (Fsp3) is 0.902. The molecule has 9 N–H and O–H groups in total. The number of allylic oxidation sites excluding steroid dienone is 3. The maximum absolute atomic E-state index is 13.1. The largest absolute Gasteiger partial charge is 0.394 e. The van der Waals surface area contributed by atoms with Gasteiger partial charge in [-0.2, -0.15) is 0 Å². The summed E-state index contributed by atoms with van der Waals surface area (Å²) in [5.74, 6) is -0.251. The van der Waals surface area contributed by atoms with Crippen molar-refractivity contribution in [1.82, 2.24) is 5.32 Å². The van der Waals surface area contributed by atoms with Gasteiger partial charge < -0.3 is 65.1 Å². The molecule has 0 aromatic rings. The number of carbonyl (C=O) groups is 1. The molecule has 65 heavy (non-hydrogen) atoms. The van der Waals surface area contributed by atoms with Crippen LogP contribution < -0.4 is 5.32 Å². The van der Waals surface area contributed by atoms with Gasteiger partial charge >= 0.3 is 0 Å². The number of rotatable bonds is 40. The zero-order valence-corrected chi connectivity index (χ0v) is 40.5. The second-order valence-electron chi connectivity index (χ2n) is 18.6. The standard InChI is InChI=1S/C51H95NO13/c1-3-5-7-9-11-13-15-16-17-18-19-20-21-22-23-24-25-26-28-30-32-34-40(55)39(52-43(56)35-33-31-29-27-14-12-10-8-6-4-2)38-62-50-48(61)46(59)49(42(37-54)64-50)65-51-47(60)45(58)44(57)41(36-53)63-51/h8,10,32,34,39-42,44-51,53-55,57-61H,3-7,9,11-31,33,35-38H2,1-2H3,(H,52,56)/b10-8-,34-32+. The first-order valence-corrected chi connectivity index (χ1v) is 26.1. The Morgan fingerprint density at radius 3 is 1.52 bits per heavy atom. The molecule has 2 fully saturated rings. The summed E-state index contributed by atoms with van der Waals surface area (Å²) >= 11 is 0. The maximum atomic E-state index is 13.1. The van der Waals surface area contributed by atoms with Crippen molar-refractivity contribution in [2.45, 2.75) is 274 Å². The summed E-state index contributed by atoms with van der Waals surface area (Å²) in [4.78, 5) is 13.1. The number of nitrogens with one attached hydrogen (secondary N) is 1. The third kappa shape index (κ3) is 25.6. The highest BCUT2D eigenvalue weighted by Gasteiger charge is 2.51. The van der Waals surface area contributed by atoms with Gasteiger partial charge in [-0.05, 0) is 38.5 Å². The van der Waals surface area contributed by atoms with Crippen LogP contribution in [-0.4, -0.2) is 140 Å². The number of unbranched alkanes of at least 4 members (excludes halogenated alkanes) is 25. The molecule has 0 radical (unpaired) electrons. The van der Waals surface area contributed by atoms with Gasteiger partial charge in [-0.1, -0.05) is 179 Å². The first kappa shape index (κ1) is 59.6. The van der Waals surface area contributed by atoms with Crippen molar-refractivity contribution in [2.24, 2.45) is 0 Å². The number of hydrogen-bond donors (Lipinski definition) is 9. The molecule has 0 spiro atoms. The molecule has 2 saturated heterocycles. The molecule has 0 saturated carbocycles. The first-order valence-electron chi connectivity index (χ1n) is 26.1. The van der Waals surface area contributed by atoms with E-state index in [1.165, 1.54) is 109 Å². The molecular formula is C51H95NO13. The number of carbonyl (C=O) groups excluding carboxylic acids is 1. The lowest BCUT2D eigenvalue weighted by atomic mass is 9.97. The highest BCUT2D eigenvalue weighted by atomic mass is 16.7. The molecule has 12 unspecified atom stereocenters. The molecular weight excluding hydrogens is 835 g/mol. The topological polar surface area (TPSA) is 228 Å². The number of hydrogen-bond acceptors (Lipinski definition) is 13. The Morgan fingerprint density at radius 1 is 0.538 bits per heavy atom. The third-order valence-corrected chi connectivity index (χ3v) is 12.9. The van der Waals surface area contributed by atoms with Crippen LogP contribution >= 0.6 is 0 Å². The molecule has 1 amide bonds. The van der Waals surface area contributed by atoms with E-state index in [0.29, 0.717) is 6.42 Å². The lowest BCUT2D eigenvalue weighted by molar-refractivity contribution is -0.359. The van der Waals surface area contributed by atoms with Gasteiger partial charge in [-0.25, -0.2) is 0 Å². The Labute approximate surface area is 392 Å². The van der Waals surface area contributed by atoms with Gasteiger partial charge in [0.15, 0.2) is 12.6 Å². The van der Waals surface area contributed by atoms with Crippen molar-refractivity contribution in [3.05, 3.63) is 24.3 Å². The average Bonchev–Trinajstić information content (AvgIpc) is 3.30. The molecule has 0 aliphatic carbocycles. The van der Waals surface area contributed by atoms with Crippen LogP contribution in [0.5, 0.6) is 0 Å². The van der Waals surface area contributed by atoms with Gasteiger partial charge in [-0.3, -0.25) is 4.79 Å². The van der Waals surface area contributed by atoms with Crippen LogP contribution in [0.4, 0.5) is 0 Å². The Balaban J connectivity index is 1.80. The van der Waals surface area contributed by atoms with Gasteiger partial charge in [0, 0.05) is 6.42 Å². The molecule has 14 nitrogen and oxygen atoms in total. The van der Waals surface area contributed by atoms with E-state index in [1.54, 1.807) is 6.08 Å². The summed E-state index contributed by atoms with van der Waals surface area (Å²) in [5.41, 5.74) is 0. The van der Waals surface area contributed by atoms with E-state index in [0.717, 1.165) is 64.2 Å². The smallest absolute Gasteiger partial charge is 0.220 e. The first-order chi connectivity index (χ1) is 31.6. The predicted molar refractivity (Wildman–Crippen MR) is 254 cm³/mol. The lowest BCUT2D eigenvalue weighted by Gasteiger charge is -2.46. The molecule has 12 atom stereocenters. The van der Waals surface area contributed by atoms with Crippen LogP contribution in [-0.2, 0) is 23.7 Å². The average molecular weight is 930 g/mol. The van der Waals surface area contributed by atoms with E-state index < -0.39 is 86.8 Å². The van der Waals surface area contributed by atoms with Crippen molar-refractivity contribution in [2.75, 3.05) is 19.8 Å². The molecule has 0 aromatic heterocycles. The van der Waals surface area contributed by atoms with Crippen LogP contribution in [0.2, 0.25) is 0 Å². The predicted octanol–water partition coefficient (Wildman–Crippen LogP) is 6.94. The Morgan fingerprint density at radius 2 is 1.00 bits per heavy atom. The van der Waals surface area contributed by atoms with Crippen LogP contribution in [0, 0.1) is 0 Å². The van der Waals surface area contributed by atoms with Gasteiger partial charge in [0.25, 0.3) is 0 Å². The molecule has 2 aliphatic heterocycles. The molecule has 382 valence electrons. The summed E-state index contributed by atoms with van der Waals surface area (Å²) in [5, 5.41) is 86.7. The highest BCUT2D eigenvalue weighted by Crippen LogP contribution is 2.30. The molecule has 2 heterocycles. The Hall–Kier alpha value is -1.53. The van der Waals surface area contributed by atoms with E-state index in [2.05, 4.69) is 31.3 Å². The van der Waals surface area contributed by atoms with E-state index in [-0.39, 0.29) is 18.9 Å². The molecule has 0 bridgehead atoms. The van der Waals surface area contributed by atoms with Gasteiger partial charge in [0.1, 0.15) is 48.8 Å². The van der Waals surface area contributed by atoms with E-state index in [9.17, 15) is 45.6 Å². The Bertz CT molecular complexity index is 1190. The van der Waals surface area contributed by atoms with Crippen LogP contribution in [0.15, 0.2) is 24.3 Å². The van der Waals surface area contributed by atoms with Crippen molar-refractivity contribution >= 4 is 5.91 Å². The van der Waals surface area contributed by atoms with Gasteiger partial charge in [0.05, 0.1) is 32.0 Å². The molecule has 2 rings (SSSR count). The number of ether oxygens (including phenoxy) is 4. The summed E-state index contributed by atoms with van der Waals surface area (Å²) in [7, 11) is 0. The normalized spacial score (nSPS) is 27.2. The number of aliphatic hydroxyl groups is 8. The third-order valence-electron chi connectivity index (χ3n) is 12.9. The SMILES string of the molecule is CCC/C=C\CCCCCCCC(=O)NC(COC1OC(CO)C(OC2OC(CO)C(O)C(O)C2O)C(O)C1O)C(O)/C=C/CCCCCCCCCCCCCCCCCCCCC. The highest BCUT2D eigenvalue weighted by molar-refractivity contribution is 5.76. The Kier molecular flexibility index (Phi) is 35.1. The van der Waals surface area contributed by atoms with Crippen molar-refractivity contribution in [3.8, 4) is 0 Å². The zero-order valence-electron chi connectivity index (χ0n) is 40.5. The van der Waals surface area contributed by atoms with E-state index in [1.807, 2.05) is 6.08 Å². The summed E-state index contributed by atoms with van der Waals surface area (Å²) < 4.78 is 22.7. The minimum Gasteiger partial charge on any atom is -0.394 e. The van der Waals surface area contributed by atoms with Crippen molar-refractivity contribution in [3.63, 3.8) is 0 Å². The molecule has 0 aromatic carbocycles. The lowest BCUT2D eigenvalue weighted by Crippen LogP contribution is -2.65. The van der Waals surface area contributed by atoms with Crippen molar-refractivity contribution in [1.29, 1.82) is 0 Å². The molecule has 2 aliphatic rings. The van der Waals surface area contributed by atoms with Crippen LogP contribution in [0.3, 0.4) is 0 Å². The minimum absolute atomic E-state index is 0.251. The zero-order chi connectivity index (χ0) is 47.5. The summed E-state index contributed by atoms with van der Waals surface area (Å²) in [6, 6.07) is -0.914. The van der Waals surface area contributed by atoms with Gasteiger partial charge in [-0.15, -0.1) is 0 Å². The minimum atomic E-state index is -1.79. The van der Waals surface area contributed by atoms with Crippen molar-refractivity contribution < 1.29 is 64.6 Å². The second-order valence-corrected chi connectivity index (χ2v) is 18.6. The summed E-state index contributed by atoms with van der Waals surface area (Å²) in [6.07, 6.45) is 25.2. The van der Waals surface area contributed by atoms with Gasteiger partial charge in [0.2, 0.25) is 5.91 Å². The maximum Gasteiger partial charge on any atom is 0.220 e. The summed E-state index contributed by atoms with van der Waals surface area (Å²) in [6.45, 7) is 2.72. The number of aliphatic hydroxyl groups excluding tert-OH is 8. The van der Waals surface area contributed by atoms with Crippen LogP contribution in [0.1, 0.15) is 200 Å². The van der Waals surface area contributed by atoms with E-state index in [4.69, 9.17) is 18.9 Å². The number of amides is 1.